The molecule has 4 rings (SSSR count). The molecule has 1 saturated heterocycles. The number of carbonyl (C=O) groups excluding carboxylic acids is 2. The van der Waals surface area contributed by atoms with Crippen LogP contribution in [0.25, 0.3) is 0 Å². The first-order chi connectivity index (χ1) is 18.5. The fraction of sp³-hybridized carbons (Fsp3) is 0.276. The molecular formula is C29H32N6O3. The molecule has 0 radical (unpaired) electrons. The van der Waals surface area contributed by atoms with Crippen LogP contribution in [0.1, 0.15) is 27.9 Å². The summed E-state index contributed by atoms with van der Waals surface area (Å²) in [5.41, 5.74) is 9.55. The van der Waals surface area contributed by atoms with E-state index < -0.39 is 0 Å². The van der Waals surface area contributed by atoms with Gasteiger partial charge in [-0.2, -0.15) is 5.26 Å². The summed E-state index contributed by atoms with van der Waals surface area (Å²) in [6, 6.07) is 22.9. The van der Waals surface area contributed by atoms with E-state index in [1.165, 1.54) is 0 Å². The number of nitrogens with two attached hydrogens (primary N) is 1. The number of rotatable bonds is 9. The number of hydrogen-bond donors (Lipinski definition) is 3. The van der Waals surface area contributed by atoms with Crippen LogP contribution < -0.4 is 16.4 Å². The topological polar surface area (TPSA) is 124 Å². The molecule has 1 fully saturated rings. The van der Waals surface area contributed by atoms with Crippen molar-refractivity contribution < 1.29 is 14.3 Å². The summed E-state index contributed by atoms with van der Waals surface area (Å²) in [6.07, 6.45) is 0.819. The van der Waals surface area contributed by atoms with E-state index in [-0.39, 0.29) is 11.9 Å². The summed E-state index contributed by atoms with van der Waals surface area (Å²) in [5, 5.41) is 14.8. The van der Waals surface area contributed by atoms with Gasteiger partial charge < -0.3 is 26.0 Å². The molecular weight excluding hydrogens is 480 g/mol. The molecule has 0 bridgehead atoms. The average Bonchev–Trinajstić information content (AvgIpc) is 2.95. The van der Waals surface area contributed by atoms with Gasteiger partial charge in [0.15, 0.2) is 0 Å². The average molecular weight is 513 g/mol. The summed E-state index contributed by atoms with van der Waals surface area (Å²) >= 11 is 0. The van der Waals surface area contributed by atoms with Crippen molar-refractivity contribution in [1.29, 1.82) is 5.26 Å². The fourth-order valence-corrected chi connectivity index (χ4v) is 4.18. The maximum atomic E-state index is 13.2. The lowest BCUT2D eigenvalue weighted by atomic mass is 10.1. The number of urea groups is 1. The smallest absolute Gasteiger partial charge is 0.322 e. The van der Waals surface area contributed by atoms with Gasteiger partial charge in [-0.25, -0.2) is 4.79 Å². The van der Waals surface area contributed by atoms with Crippen LogP contribution in [0.3, 0.4) is 0 Å². The highest BCUT2D eigenvalue weighted by Crippen LogP contribution is 2.19. The Morgan fingerprint density at radius 1 is 0.974 bits per heavy atom. The molecule has 0 atom stereocenters. The Kier molecular flexibility index (Phi) is 9.29. The number of para-hydroxylation sites is 2. The van der Waals surface area contributed by atoms with Crippen LogP contribution in [-0.2, 0) is 11.3 Å². The van der Waals surface area contributed by atoms with Crippen molar-refractivity contribution in [3.8, 4) is 6.07 Å². The molecule has 38 heavy (non-hydrogen) atoms. The Bertz CT molecular complexity index is 1260. The Hall–Kier alpha value is -4.39. The minimum Gasteiger partial charge on any atom is -0.397 e. The third kappa shape index (κ3) is 7.56. The van der Waals surface area contributed by atoms with Gasteiger partial charge in [0.25, 0.3) is 5.91 Å². The zero-order valence-electron chi connectivity index (χ0n) is 21.2. The number of nitrogen functional groups attached to an aromatic ring is 1. The van der Waals surface area contributed by atoms with Crippen molar-refractivity contribution in [2.24, 2.45) is 0 Å². The molecule has 3 aromatic carbocycles. The minimum atomic E-state index is -0.254. The summed E-state index contributed by atoms with van der Waals surface area (Å²) in [6.45, 7) is 5.10. The third-order valence-corrected chi connectivity index (χ3v) is 6.36. The van der Waals surface area contributed by atoms with Crippen molar-refractivity contribution in [2.75, 3.05) is 55.8 Å². The maximum Gasteiger partial charge on any atom is 0.322 e. The summed E-state index contributed by atoms with van der Waals surface area (Å²) in [7, 11) is 0. The summed E-state index contributed by atoms with van der Waals surface area (Å²) < 4.78 is 5.42. The van der Waals surface area contributed by atoms with Crippen LogP contribution in [0.15, 0.2) is 72.8 Å². The number of nitrogens with zero attached hydrogens (tertiary/aromatic N) is 3. The van der Waals surface area contributed by atoms with Gasteiger partial charge in [0, 0.05) is 44.0 Å². The SMILES string of the molecule is N#Cc1ccc(NC(=O)N(CCCN2CCOCC2)Cc2ccc(C(=O)Nc3ccccc3N)cc2)cc1. The number of anilines is 3. The van der Waals surface area contributed by atoms with Gasteiger partial charge in [-0.3, -0.25) is 9.69 Å². The second-order valence-corrected chi connectivity index (χ2v) is 9.09. The maximum absolute atomic E-state index is 13.2. The number of morpholine rings is 1. The van der Waals surface area contributed by atoms with Crippen LogP contribution in [0.4, 0.5) is 21.9 Å². The Morgan fingerprint density at radius 2 is 1.68 bits per heavy atom. The normalized spacial score (nSPS) is 13.3. The van der Waals surface area contributed by atoms with E-state index in [1.54, 1.807) is 53.4 Å². The van der Waals surface area contributed by atoms with Gasteiger partial charge in [-0.05, 0) is 60.5 Å². The standard InChI is InChI=1S/C29H32N6O3/c30-20-22-8-12-25(13-9-22)32-29(37)35(15-3-14-34-16-18-38-19-17-34)21-23-6-10-24(11-7-23)28(36)33-27-5-2-1-4-26(27)31/h1-2,4-13H,3,14-19,21,31H2,(H,32,37)(H,33,36). The summed E-state index contributed by atoms with van der Waals surface area (Å²) in [5.74, 6) is -0.254. The number of benzene rings is 3. The largest absolute Gasteiger partial charge is 0.397 e. The molecule has 0 spiro atoms. The van der Waals surface area contributed by atoms with Crippen molar-refractivity contribution >= 4 is 29.0 Å². The van der Waals surface area contributed by atoms with Gasteiger partial charge >= 0.3 is 6.03 Å². The zero-order chi connectivity index (χ0) is 26.7. The first kappa shape index (κ1) is 26.7. The molecule has 9 heteroatoms. The van der Waals surface area contributed by atoms with Gasteiger partial charge in [-0.1, -0.05) is 24.3 Å². The Balaban J connectivity index is 1.40. The Morgan fingerprint density at radius 3 is 2.37 bits per heavy atom. The molecule has 0 unspecified atom stereocenters. The van der Waals surface area contributed by atoms with Gasteiger partial charge in [0.05, 0.1) is 36.2 Å². The van der Waals surface area contributed by atoms with E-state index in [2.05, 4.69) is 21.6 Å². The van der Waals surface area contributed by atoms with Crippen molar-refractivity contribution in [3.05, 3.63) is 89.5 Å². The number of nitrogens with one attached hydrogen (secondary N) is 2. The molecule has 0 aliphatic carbocycles. The second-order valence-electron chi connectivity index (χ2n) is 9.09. The lowest BCUT2D eigenvalue weighted by Crippen LogP contribution is -2.40. The van der Waals surface area contributed by atoms with Crippen molar-refractivity contribution in [1.82, 2.24) is 9.80 Å². The molecule has 196 valence electrons. The van der Waals surface area contributed by atoms with Crippen LogP contribution >= 0.6 is 0 Å². The van der Waals surface area contributed by atoms with Crippen molar-refractivity contribution in [3.63, 3.8) is 0 Å². The molecule has 1 aliphatic heterocycles. The van der Waals surface area contributed by atoms with E-state index in [0.29, 0.717) is 41.3 Å². The van der Waals surface area contributed by atoms with E-state index in [0.717, 1.165) is 44.8 Å². The molecule has 0 aromatic heterocycles. The summed E-state index contributed by atoms with van der Waals surface area (Å²) in [4.78, 5) is 30.0. The molecule has 3 aromatic rings. The first-order valence-electron chi connectivity index (χ1n) is 12.6. The highest BCUT2D eigenvalue weighted by molar-refractivity contribution is 6.05. The van der Waals surface area contributed by atoms with Crippen LogP contribution in [0, 0.1) is 11.3 Å². The van der Waals surface area contributed by atoms with E-state index in [9.17, 15) is 9.59 Å². The predicted molar refractivity (Wildman–Crippen MR) is 148 cm³/mol. The van der Waals surface area contributed by atoms with Crippen LogP contribution in [-0.4, -0.2) is 61.1 Å². The van der Waals surface area contributed by atoms with Gasteiger partial charge in [0.1, 0.15) is 0 Å². The van der Waals surface area contributed by atoms with E-state index >= 15 is 0 Å². The predicted octanol–water partition coefficient (Wildman–Crippen LogP) is 4.15. The minimum absolute atomic E-state index is 0.224. The molecule has 9 nitrogen and oxygen atoms in total. The number of hydrogen-bond acceptors (Lipinski definition) is 6. The monoisotopic (exact) mass is 512 g/mol. The highest BCUT2D eigenvalue weighted by Gasteiger charge is 2.17. The van der Waals surface area contributed by atoms with Crippen LogP contribution in [0.2, 0.25) is 0 Å². The second kappa shape index (κ2) is 13.2. The van der Waals surface area contributed by atoms with E-state index in [4.69, 9.17) is 15.7 Å². The quantitative estimate of drug-likeness (QED) is 0.370. The Labute approximate surface area is 222 Å². The first-order valence-corrected chi connectivity index (χ1v) is 12.6. The zero-order valence-corrected chi connectivity index (χ0v) is 21.2. The van der Waals surface area contributed by atoms with Gasteiger partial charge in [0.2, 0.25) is 0 Å². The number of ether oxygens (including phenoxy) is 1. The van der Waals surface area contributed by atoms with Gasteiger partial charge in [-0.15, -0.1) is 0 Å². The number of nitriles is 1. The lowest BCUT2D eigenvalue weighted by molar-refractivity contribution is 0.0365. The molecule has 1 aliphatic rings. The van der Waals surface area contributed by atoms with Crippen LogP contribution in [0.5, 0.6) is 0 Å². The lowest BCUT2D eigenvalue weighted by Gasteiger charge is -2.28. The fourth-order valence-electron chi connectivity index (χ4n) is 4.18. The number of carbonyl (C=O) groups is 2. The van der Waals surface area contributed by atoms with Crippen molar-refractivity contribution in [2.45, 2.75) is 13.0 Å². The molecule has 3 amide bonds. The van der Waals surface area contributed by atoms with E-state index in [1.807, 2.05) is 24.3 Å². The molecule has 1 heterocycles. The molecule has 4 N–H and O–H groups in total. The third-order valence-electron chi connectivity index (χ3n) is 6.36. The number of amides is 3. The molecule has 0 saturated carbocycles. The highest BCUT2D eigenvalue weighted by atomic mass is 16.5.